The average molecular weight is 298 g/mol. The largest absolute Gasteiger partial charge is 0.355 e. The summed E-state index contributed by atoms with van der Waals surface area (Å²) in [6.07, 6.45) is 2.81. The SMILES string of the molecule is CC(=O)N1CCCN(c2ccc(Br)cn2)CC1. The molecule has 0 aliphatic carbocycles. The molecule has 5 heteroatoms. The lowest BCUT2D eigenvalue weighted by Gasteiger charge is -2.22. The van der Waals surface area contributed by atoms with Crippen molar-refractivity contribution in [1.82, 2.24) is 9.88 Å². The van der Waals surface area contributed by atoms with Crippen molar-refractivity contribution in [3.63, 3.8) is 0 Å². The summed E-state index contributed by atoms with van der Waals surface area (Å²) in [5.41, 5.74) is 0. The summed E-state index contributed by atoms with van der Waals surface area (Å²) in [6, 6.07) is 4.00. The number of hydrogen-bond donors (Lipinski definition) is 0. The summed E-state index contributed by atoms with van der Waals surface area (Å²) < 4.78 is 0.987. The standard InChI is InChI=1S/C12H16BrN3O/c1-10(17)15-5-2-6-16(8-7-15)12-4-3-11(13)9-14-12/h3-4,9H,2,5-8H2,1H3. The topological polar surface area (TPSA) is 36.4 Å². The second kappa shape index (κ2) is 5.49. The summed E-state index contributed by atoms with van der Waals surface area (Å²) >= 11 is 3.38. The van der Waals surface area contributed by atoms with Gasteiger partial charge in [-0.15, -0.1) is 0 Å². The fraction of sp³-hybridized carbons (Fsp3) is 0.500. The molecule has 1 saturated heterocycles. The number of pyridine rings is 1. The first-order valence-electron chi connectivity index (χ1n) is 5.79. The van der Waals surface area contributed by atoms with Gasteiger partial charge in [-0.1, -0.05) is 0 Å². The maximum absolute atomic E-state index is 11.3. The van der Waals surface area contributed by atoms with Gasteiger partial charge in [0.15, 0.2) is 0 Å². The zero-order valence-electron chi connectivity index (χ0n) is 9.90. The molecule has 1 amide bonds. The van der Waals surface area contributed by atoms with Gasteiger partial charge in [0, 0.05) is 43.8 Å². The molecule has 0 radical (unpaired) electrons. The molecule has 0 aromatic carbocycles. The summed E-state index contributed by atoms with van der Waals surface area (Å²) in [5, 5.41) is 0. The van der Waals surface area contributed by atoms with Crippen molar-refractivity contribution < 1.29 is 4.79 Å². The molecule has 1 aliphatic rings. The molecule has 0 saturated carbocycles. The van der Waals surface area contributed by atoms with Crippen LogP contribution in [0.4, 0.5) is 5.82 Å². The Balaban J connectivity index is 2.03. The molecule has 1 aromatic heterocycles. The third-order valence-electron chi connectivity index (χ3n) is 2.98. The summed E-state index contributed by atoms with van der Waals surface area (Å²) in [7, 11) is 0. The van der Waals surface area contributed by atoms with Crippen LogP contribution in [0.5, 0.6) is 0 Å². The van der Waals surface area contributed by atoms with Crippen molar-refractivity contribution in [2.75, 3.05) is 31.1 Å². The number of aromatic nitrogens is 1. The molecular weight excluding hydrogens is 282 g/mol. The molecule has 2 rings (SSSR count). The number of hydrogen-bond acceptors (Lipinski definition) is 3. The van der Waals surface area contributed by atoms with Gasteiger partial charge in [0.2, 0.25) is 5.91 Å². The minimum Gasteiger partial charge on any atom is -0.355 e. The van der Waals surface area contributed by atoms with Crippen molar-refractivity contribution in [3.05, 3.63) is 22.8 Å². The van der Waals surface area contributed by atoms with Gasteiger partial charge in [-0.25, -0.2) is 4.98 Å². The Morgan fingerprint density at radius 1 is 1.29 bits per heavy atom. The van der Waals surface area contributed by atoms with Crippen LogP contribution in [0.15, 0.2) is 22.8 Å². The minimum atomic E-state index is 0.163. The van der Waals surface area contributed by atoms with Gasteiger partial charge in [-0.05, 0) is 34.5 Å². The second-order valence-electron chi connectivity index (χ2n) is 4.18. The van der Waals surface area contributed by atoms with Gasteiger partial charge in [0.25, 0.3) is 0 Å². The van der Waals surface area contributed by atoms with Crippen LogP contribution in [0.3, 0.4) is 0 Å². The van der Waals surface area contributed by atoms with E-state index in [1.807, 2.05) is 23.2 Å². The molecule has 4 nitrogen and oxygen atoms in total. The van der Waals surface area contributed by atoms with Crippen LogP contribution in [0.2, 0.25) is 0 Å². The smallest absolute Gasteiger partial charge is 0.219 e. The number of carbonyl (C=O) groups excluding carboxylic acids is 1. The molecule has 1 fully saturated rings. The summed E-state index contributed by atoms with van der Waals surface area (Å²) in [4.78, 5) is 19.8. The highest BCUT2D eigenvalue weighted by Crippen LogP contribution is 2.16. The van der Waals surface area contributed by atoms with Gasteiger partial charge in [0.05, 0.1) is 0 Å². The fourth-order valence-corrected chi connectivity index (χ4v) is 2.25. The Morgan fingerprint density at radius 2 is 2.12 bits per heavy atom. The molecule has 1 aliphatic heterocycles. The van der Waals surface area contributed by atoms with E-state index in [-0.39, 0.29) is 5.91 Å². The van der Waals surface area contributed by atoms with Crippen LogP contribution >= 0.6 is 15.9 Å². The molecule has 0 N–H and O–H groups in total. The molecule has 1 aromatic rings. The van der Waals surface area contributed by atoms with E-state index < -0.39 is 0 Å². The van der Waals surface area contributed by atoms with Gasteiger partial charge in [-0.2, -0.15) is 0 Å². The van der Waals surface area contributed by atoms with E-state index in [0.29, 0.717) is 0 Å². The van der Waals surface area contributed by atoms with E-state index in [2.05, 4.69) is 25.8 Å². The van der Waals surface area contributed by atoms with Gasteiger partial charge < -0.3 is 9.80 Å². The van der Waals surface area contributed by atoms with Crippen molar-refractivity contribution in [1.29, 1.82) is 0 Å². The predicted molar refractivity (Wildman–Crippen MR) is 71.0 cm³/mol. The predicted octanol–water partition coefficient (Wildman–Crippen LogP) is 1.90. The van der Waals surface area contributed by atoms with E-state index >= 15 is 0 Å². The summed E-state index contributed by atoms with van der Waals surface area (Å²) in [6.45, 7) is 5.08. The maximum Gasteiger partial charge on any atom is 0.219 e. The first-order chi connectivity index (χ1) is 8.16. The molecule has 2 heterocycles. The van der Waals surface area contributed by atoms with E-state index in [9.17, 15) is 4.79 Å². The zero-order chi connectivity index (χ0) is 12.3. The van der Waals surface area contributed by atoms with Crippen LogP contribution in [0, 0.1) is 0 Å². The molecule has 0 unspecified atom stereocenters. The third kappa shape index (κ3) is 3.19. The van der Waals surface area contributed by atoms with Crippen LogP contribution in [0.1, 0.15) is 13.3 Å². The van der Waals surface area contributed by atoms with Crippen LogP contribution in [-0.2, 0) is 4.79 Å². The Hall–Kier alpha value is -1.10. The lowest BCUT2D eigenvalue weighted by Crippen LogP contribution is -2.33. The van der Waals surface area contributed by atoms with Crippen molar-refractivity contribution in [2.45, 2.75) is 13.3 Å². The number of nitrogens with zero attached hydrogens (tertiary/aromatic N) is 3. The van der Waals surface area contributed by atoms with Gasteiger partial charge >= 0.3 is 0 Å². The van der Waals surface area contributed by atoms with Crippen molar-refractivity contribution >= 4 is 27.7 Å². The van der Waals surface area contributed by atoms with Gasteiger partial charge in [-0.3, -0.25) is 4.79 Å². The monoisotopic (exact) mass is 297 g/mol. The molecule has 0 atom stereocenters. The number of rotatable bonds is 1. The molecule has 17 heavy (non-hydrogen) atoms. The van der Waals surface area contributed by atoms with Crippen LogP contribution in [0.25, 0.3) is 0 Å². The number of halogens is 1. The lowest BCUT2D eigenvalue weighted by atomic mass is 10.3. The zero-order valence-corrected chi connectivity index (χ0v) is 11.5. The normalized spacial score (nSPS) is 16.8. The first-order valence-corrected chi connectivity index (χ1v) is 6.58. The van der Waals surface area contributed by atoms with E-state index in [4.69, 9.17) is 0 Å². The van der Waals surface area contributed by atoms with E-state index in [1.54, 1.807) is 6.92 Å². The Labute approximate surface area is 110 Å². The minimum absolute atomic E-state index is 0.163. The molecule has 92 valence electrons. The number of anilines is 1. The van der Waals surface area contributed by atoms with Gasteiger partial charge in [0.1, 0.15) is 5.82 Å². The Kier molecular flexibility index (Phi) is 3.99. The number of carbonyl (C=O) groups is 1. The Morgan fingerprint density at radius 3 is 2.76 bits per heavy atom. The maximum atomic E-state index is 11.3. The fourth-order valence-electron chi connectivity index (χ4n) is 2.02. The van der Waals surface area contributed by atoms with E-state index in [0.717, 1.165) is 42.9 Å². The first kappa shape index (κ1) is 12.4. The third-order valence-corrected chi connectivity index (χ3v) is 3.45. The summed E-state index contributed by atoms with van der Waals surface area (Å²) in [5.74, 6) is 1.15. The highest BCUT2D eigenvalue weighted by atomic mass is 79.9. The van der Waals surface area contributed by atoms with Crippen LogP contribution in [-0.4, -0.2) is 42.0 Å². The second-order valence-corrected chi connectivity index (χ2v) is 5.10. The van der Waals surface area contributed by atoms with E-state index in [1.165, 1.54) is 0 Å². The lowest BCUT2D eigenvalue weighted by molar-refractivity contribution is -0.128. The highest BCUT2D eigenvalue weighted by molar-refractivity contribution is 9.10. The number of amides is 1. The van der Waals surface area contributed by atoms with Crippen molar-refractivity contribution in [2.24, 2.45) is 0 Å². The molecule has 0 bridgehead atoms. The average Bonchev–Trinajstić information content (AvgIpc) is 2.55. The quantitative estimate of drug-likeness (QED) is 0.794. The molecular formula is C12H16BrN3O. The highest BCUT2D eigenvalue weighted by Gasteiger charge is 2.17. The van der Waals surface area contributed by atoms with Crippen LogP contribution < -0.4 is 4.90 Å². The molecule has 0 spiro atoms. The van der Waals surface area contributed by atoms with Crippen molar-refractivity contribution in [3.8, 4) is 0 Å². The Bertz CT molecular complexity index is 393.